The Labute approximate surface area is 83.3 Å². The predicted octanol–water partition coefficient (Wildman–Crippen LogP) is 3.06. The molecule has 1 heterocycles. The minimum atomic E-state index is 0.530. The molecule has 1 aliphatic heterocycles. The van der Waals surface area contributed by atoms with Crippen molar-refractivity contribution in [2.45, 2.75) is 47.0 Å². The Morgan fingerprint density at radius 3 is 2.31 bits per heavy atom. The van der Waals surface area contributed by atoms with Crippen molar-refractivity contribution in [1.82, 2.24) is 5.32 Å². The molecule has 0 spiro atoms. The van der Waals surface area contributed by atoms with Gasteiger partial charge in [0.15, 0.2) is 0 Å². The van der Waals surface area contributed by atoms with Gasteiger partial charge in [-0.05, 0) is 43.2 Å². The monoisotopic (exact) mass is 183 g/mol. The van der Waals surface area contributed by atoms with Gasteiger partial charge in [-0.3, -0.25) is 0 Å². The second-order valence-electron chi connectivity index (χ2n) is 5.22. The van der Waals surface area contributed by atoms with Crippen molar-refractivity contribution < 1.29 is 0 Å². The van der Waals surface area contributed by atoms with Crippen LogP contribution in [0.5, 0.6) is 0 Å². The Kier molecular flexibility index (Phi) is 3.78. The molecule has 1 rings (SSSR count). The third kappa shape index (κ3) is 2.70. The molecule has 1 unspecified atom stereocenters. The van der Waals surface area contributed by atoms with Crippen molar-refractivity contribution >= 4 is 0 Å². The zero-order chi connectivity index (χ0) is 9.90. The smallest absolute Gasteiger partial charge is 0.00462 e. The minimum absolute atomic E-state index is 0.530. The van der Waals surface area contributed by atoms with Crippen molar-refractivity contribution in [3.05, 3.63) is 0 Å². The lowest BCUT2D eigenvalue weighted by molar-refractivity contribution is 0.125. The van der Waals surface area contributed by atoms with E-state index in [4.69, 9.17) is 0 Å². The fraction of sp³-hybridized carbons (Fsp3) is 1.00. The van der Waals surface area contributed by atoms with Gasteiger partial charge >= 0.3 is 0 Å². The highest BCUT2D eigenvalue weighted by Crippen LogP contribution is 2.38. The van der Waals surface area contributed by atoms with Crippen LogP contribution in [0.25, 0.3) is 0 Å². The normalized spacial score (nSPS) is 23.1. The molecule has 0 amide bonds. The molecule has 0 aromatic heterocycles. The largest absolute Gasteiger partial charge is 0.317 e. The van der Waals surface area contributed by atoms with E-state index >= 15 is 0 Å². The summed E-state index contributed by atoms with van der Waals surface area (Å²) in [7, 11) is 0. The standard InChI is InChI=1S/C12H25N/c1-5-12(3,4)10(2)11-6-8-13-9-7-11/h10-11,13H,5-9H2,1-4H3. The first-order valence-electron chi connectivity index (χ1n) is 5.78. The van der Waals surface area contributed by atoms with Crippen LogP contribution in [0.2, 0.25) is 0 Å². The van der Waals surface area contributed by atoms with Gasteiger partial charge in [0.05, 0.1) is 0 Å². The highest BCUT2D eigenvalue weighted by atomic mass is 14.9. The number of hydrogen-bond acceptors (Lipinski definition) is 1. The molecule has 1 heteroatoms. The average molecular weight is 183 g/mol. The van der Waals surface area contributed by atoms with E-state index in [1.807, 2.05) is 0 Å². The zero-order valence-corrected chi connectivity index (χ0v) is 9.69. The first kappa shape index (κ1) is 11.0. The quantitative estimate of drug-likeness (QED) is 0.709. The molecule has 78 valence electrons. The second kappa shape index (κ2) is 4.45. The van der Waals surface area contributed by atoms with Crippen LogP contribution in [0.4, 0.5) is 0 Å². The summed E-state index contributed by atoms with van der Waals surface area (Å²) < 4.78 is 0. The fourth-order valence-electron chi connectivity index (χ4n) is 2.30. The summed E-state index contributed by atoms with van der Waals surface area (Å²) in [6, 6.07) is 0. The molecule has 0 bridgehead atoms. The van der Waals surface area contributed by atoms with Gasteiger partial charge in [-0.1, -0.05) is 34.1 Å². The summed E-state index contributed by atoms with van der Waals surface area (Å²) in [5.41, 5.74) is 0.530. The molecule has 1 saturated heterocycles. The summed E-state index contributed by atoms with van der Waals surface area (Å²) in [5.74, 6) is 1.83. The lowest BCUT2D eigenvalue weighted by atomic mass is 9.69. The van der Waals surface area contributed by atoms with E-state index in [0.29, 0.717) is 5.41 Å². The van der Waals surface area contributed by atoms with Crippen LogP contribution in [0.3, 0.4) is 0 Å². The van der Waals surface area contributed by atoms with Gasteiger partial charge in [0.2, 0.25) is 0 Å². The molecular formula is C12H25N. The molecule has 1 atom stereocenters. The average Bonchev–Trinajstić information content (AvgIpc) is 2.18. The van der Waals surface area contributed by atoms with Gasteiger partial charge in [-0.15, -0.1) is 0 Å². The molecule has 1 aliphatic rings. The summed E-state index contributed by atoms with van der Waals surface area (Å²) in [5, 5.41) is 3.44. The van der Waals surface area contributed by atoms with Crippen LogP contribution >= 0.6 is 0 Å². The Bertz CT molecular complexity index is 145. The van der Waals surface area contributed by atoms with Crippen LogP contribution in [0, 0.1) is 17.3 Å². The molecular weight excluding hydrogens is 158 g/mol. The number of piperidine rings is 1. The van der Waals surface area contributed by atoms with Gasteiger partial charge < -0.3 is 5.32 Å². The highest BCUT2D eigenvalue weighted by Gasteiger charge is 2.31. The van der Waals surface area contributed by atoms with Gasteiger partial charge in [-0.2, -0.15) is 0 Å². The predicted molar refractivity (Wildman–Crippen MR) is 58.8 cm³/mol. The molecule has 0 aliphatic carbocycles. The molecule has 0 aromatic carbocycles. The van der Waals surface area contributed by atoms with Crippen LogP contribution in [-0.4, -0.2) is 13.1 Å². The zero-order valence-electron chi connectivity index (χ0n) is 9.69. The molecule has 1 N–H and O–H groups in total. The Hall–Kier alpha value is -0.0400. The SMILES string of the molecule is CCC(C)(C)C(C)C1CCNCC1. The maximum atomic E-state index is 3.44. The number of rotatable bonds is 3. The van der Waals surface area contributed by atoms with Crippen LogP contribution in [0.15, 0.2) is 0 Å². The third-order valence-corrected chi connectivity index (χ3v) is 4.23. The van der Waals surface area contributed by atoms with Crippen molar-refractivity contribution in [2.75, 3.05) is 13.1 Å². The topological polar surface area (TPSA) is 12.0 Å². The van der Waals surface area contributed by atoms with E-state index in [1.54, 1.807) is 0 Å². The second-order valence-corrected chi connectivity index (χ2v) is 5.22. The summed E-state index contributed by atoms with van der Waals surface area (Å²) in [6.45, 7) is 12.1. The van der Waals surface area contributed by atoms with Crippen LogP contribution in [-0.2, 0) is 0 Å². The van der Waals surface area contributed by atoms with Gasteiger partial charge in [-0.25, -0.2) is 0 Å². The van der Waals surface area contributed by atoms with Gasteiger partial charge in [0, 0.05) is 0 Å². The maximum Gasteiger partial charge on any atom is -0.00462 e. The van der Waals surface area contributed by atoms with E-state index in [-0.39, 0.29) is 0 Å². The number of nitrogens with one attached hydrogen (secondary N) is 1. The molecule has 13 heavy (non-hydrogen) atoms. The first-order chi connectivity index (χ1) is 6.08. The Morgan fingerprint density at radius 2 is 1.85 bits per heavy atom. The lowest BCUT2D eigenvalue weighted by Crippen LogP contribution is -2.36. The van der Waals surface area contributed by atoms with E-state index in [9.17, 15) is 0 Å². The summed E-state index contributed by atoms with van der Waals surface area (Å²) in [6.07, 6.45) is 4.06. The van der Waals surface area contributed by atoms with Crippen molar-refractivity contribution in [3.8, 4) is 0 Å². The van der Waals surface area contributed by atoms with Crippen LogP contribution in [0.1, 0.15) is 47.0 Å². The minimum Gasteiger partial charge on any atom is -0.317 e. The van der Waals surface area contributed by atoms with E-state index in [2.05, 4.69) is 33.0 Å². The van der Waals surface area contributed by atoms with Gasteiger partial charge in [0.25, 0.3) is 0 Å². The summed E-state index contributed by atoms with van der Waals surface area (Å²) in [4.78, 5) is 0. The fourth-order valence-corrected chi connectivity index (χ4v) is 2.30. The Balaban J connectivity index is 2.49. The molecule has 0 aromatic rings. The van der Waals surface area contributed by atoms with Crippen molar-refractivity contribution in [2.24, 2.45) is 17.3 Å². The van der Waals surface area contributed by atoms with Crippen molar-refractivity contribution in [1.29, 1.82) is 0 Å². The van der Waals surface area contributed by atoms with Crippen LogP contribution < -0.4 is 5.32 Å². The highest BCUT2D eigenvalue weighted by molar-refractivity contribution is 4.82. The van der Waals surface area contributed by atoms with Gasteiger partial charge in [0.1, 0.15) is 0 Å². The summed E-state index contributed by atoms with van der Waals surface area (Å²) >= 11 is 0. The number of hydrogen-bond donors (Lipinski definition) is 1. The molecule has 0 radical (unpaired) electrons. The molecule has 1 nitrogen and oxygen atoms in total. The first-order valence-corrected chi connectivity index (χ1v) is 5.78. The lowest BCUT2D eigenvalue weighted by Gasteiger charge is -2.38. The van der Waals surface area contributed by atoms with Crippen molar-refractivity contribution in [3.63, 3.8) is 0 Å². The van der Waals surface area contributed by atoms with E-state index in [0.717, 1.165) is 11.8 Å². The molecule has 0 saturated carbocycles. The van der Waals surface area contributed by atoms with E-state index in [1.165, 1.54) is 32.4 Å². The maximum absolute atomic E-state index is 3.44. The Morgan fingerprint density at radius 1 is 1.31 bits per heavy atom. The molecule has 1 fully saturated rings. The third-order valence-electron chi connectivity index (χ3n) is 4.23. The van der Waals surface area contributed by atoms with E-state index < -0.39 is 0 Å².